The number of rotatable bonds is 6. The van der Waals surface area contributed by atoms with E-state index in [0.717, 1.165) is 25.8 Å². The summed E-state index contributed by atoms with van der Waals surface area (Å²) < 4.78 is 0. The van der Waals surface area contributed by atoms with Crippen molar-refractivity contribution in [3.63, 3.8) is 0 Å². The number of fused-ring (bicyclic) bond motifs is 1. The van der Waals surface area contributed by atoms with Gasteiger partial charge in [0.15, 0.2) is 0 Å². The number of hydrogen-bond donors (Lipinski definition) is 2. The van der Waals surface area contributed by atoms with Crippen LogP contribution in [0.25, 0.3) is 10.8 Å². The highest BCUT2D eigenvalue weighted by Gasteiger charge is 2.34. The van der Waals surface area contributed by atoms with E-state index in [4.69, 9.17) is 0 Å². The lowest BCUT2D eigenvalue weighted by Crippen LogP contribution is -2.48. The Bertz CT molecular complexity index is 671. The monoisotopic (exact) mass is 310 g/mol. The fraction of sp³-hybridized carbons (Fsp3) is 0.450. The minimum atomic E-state index is 0.193. The first-order valence-electron chi connectivity index (χ1n) is 8.70. The van der Waals surface area contributed by atoms with Crippen LogP contribution in [0.4, 0.5) is 0 Å². The maximum atomic E-state index is 11.9. The summed E-state index contributed by atoms with van der Waals surface area (Å²) in [4.78, 5) is 11.9. The van der Waals surface area contributed by atoms with Gasteiger partial charge in [-0.25, -0.2) is 0 Å². The molecule has 1 atom stereocenters. The predicted molar refractivity (Wildman–Crippen MR) is 95.3 cm³/mol. The third-order valence-corrected chi connectivity index (χ3v) is 4.83. The molecular formula is C20H26N2O. The molecule has 1 aliphatic rings. The van der Waals surface area contributed by atoms with Crippen LogP contribution in [0.15, 0.2) is 42.5 Å². The van der Waals surface area contributed by atoms with Crippen molar-refractivity contribution in [3.8, 4) is 0 Å². The summed E-state index contributed by atoms with van der Waals surface area (Å²) in [6, 6.07) is 15.7. The molecule has 0 unspecified atom stereocenters. The van der Waals surface area contributed by atoms with Crippen molar-refractivity contribution < 1.29 is 4.79 Å². The zero-order chi connectivity index (χ0) is 16.2. The Morgan fingerprint density at radius 1 is 1.17 bits per heavy atom. The smallest absolute Gasteiger partial charge is 0.223 e. The summed E-state index contributed by atoms with van der Waals surface area (Å²) in [5, 5.41) is 9.28. The van der Waals surface area contributed by atoms with E-state index < -0.39 is 0 Å². The first kappa shape index (κ1) is 16.0. The number of carbonyl (C=O) groups excluding carboxylic acids is 1. The Morgan fingerprint density at radius 2 is 1.91 bits per heavy atom. The molecule has 1 amide bonds. The molecule has 2 aromatic carbocycles. The minimum Gasteiger partial charge on any atom is -0.356 e. The molecule has 122 valence electrons. The van der Waals surface area contributed by atoms with E-state index >= 15 is 0 Å². The molecule has 2 aromatic rings. The minimum absolute atomic E-state index is 0.193. The Labute approximate surface area is 138 Å². The van der Waals surface area contributed by atoms with Gasteiger partial charge in [-0.15, -0.1) is 0 Å². The van der Waals surface area contributed by atoms with Crippen LogP contribution >= 0.6 is 0 Å². The average molecular weight is 310 g/mol. The zero-order valence-corrected chi connectivity index (χ0v) is 14.0. The van der Waals surface area contributed by atoms with Crippen molar-refractivity contribution in [2.24, 2.45) is 5.92 Å². The second-order valence-corrected chi connectivity index (χ2v) is 6.61. The van der Waals surface area contributed by atoms with E-state index in [2.05, 4.69) is 66.9 Å². The number of hydrogen-bond acceptors (Lipinski definition) is 2. The first-order valence-corrected chi connectivity index (χ1v) is 8.70. The van der Waals surface area contributed by atoms with Crippen molar-refractivity contribution in [3.05, 3.63) is 48.0 Å². The highest BCUT2D eigenvalue weighted by molar-refractivity contribution is 5.86. The van der Waals surface area contributed by atoms with E-state index in [1.54, 1.807) is 0 Å². The quantitative estimate of drug-likeness (QED) is 0.852. The van der Waals surface area contributed by atoms with Gasteiger partial charge < -0.3 is 10.6 Å². The molecule has 1 saturated carbocycles. The van der Waals surface area contributed by atoms with Crippen molar-refractivity contribution in [2.45, 2.75) is 45.2 Å². The van der Waals surface area contributed by atoms with Gasteiger partial charge in [-0.05, 0) is 42.5 Å². The van der Waals surface area contributed by atoms with Crippen molar-refractivity contribution in [1.29, 1.82) is 0 Å². The normalized spacial score (nSPS) is 21.7. The van der Waals surface area contributed by atoms with Gasteiger partial charge in [0, 0.05) is 24.5 Å². The molecule has 1 fully saturated rings. The fourth-order valence-electron chi connectivity index (χ4n) is 3.43. The number of benzene rings is 2. The SMILES string of the molecule is CCCNC(=O)C1CC(N[C@H](C)c2cccc3ccccc23)C1. The van der Waals surface area contributed by atoms with Crippen LogP contribution in [-0.4, -0.2) is 18.5 Å². The van der Waals surface area contributed by atoms with Crippen LogP contribution in [0.2, 0.25) is 0 Å². The summed E-state index contributed by atoms with van der Waals surface area (Å²) in [5.41, 5.74) is 1.34. The highest BCUT2D eigenvalue weighted by Crippen LogP contribution is 2.31. The molecule has 2 N–H and O–H groups in total. The van der Waals surface area contributed by atoms with Gasteiger partial charge in [-0.2, -0.15) is 0 Å². The molecule has 1 aliphatic carbocycles. The van der Waals surface area contributed by atoms with Gasteiger partial charge in [0.1, 0.15) is 0 Å². The molecule has 3 heteroatoms. The molecule has 0 saturated heterocycles. The summed E-state index contributed by atoms with van der Waals surface area (Å²) in [5.74, 6) is 0.418. The van der Waals surface area contributed by atoms with E-state index in [-0.39, 0.29) is 11.8 Å². The van der Waals surface area contributed by atoms with Crippen LogP contribution in [0, 0.1) is 5.92 Å². The number of amides is 1. The predicted octanol–water partition coefficient (Wildman–Crippen LogP) is 3.80. The van der Waals surface area contributed by atoms with Crippen molar-refractivity contribution >= 4 is 16.7 Å². The Balaban J connectivity index is 1.58. The fourth-order valence-corrected chi connectivity index (χ4v) is 3.43. The molecule has 0 spiro atoms. The van der Waals surface area contributed by atoms with Crippen LogP contribution < -0.4 is 10.6 Å². The lowest BCUT2D eigenvalue weighted by molar-refractivity contribution is -0.128. The molecule has 0 bridgehead atoms. The van der Waals surface area contributed by atoms with Crippen molar-refractivity contribution in [1.82, 2.24) is 10.6 Å². The van der Waals surface area contributed by atoms with Crippen LogP contribution in [0.1, 0.15) is 44.7 Å². The van der Waals surface area contributed by atoms with Crippen LogP contribution in [-0.2, 0) is 4.79 Å². The third kappa shape index (κ3) is 3.56. The first-order chi connectivity index (χ1) is 11.2. The lowest BCUT2D eigenvalue weighted by atomic mass is 9.79. The largest absolute Gasteiger partial charge is 0.356 e. The van der Waals surface area contributed by atoms with Crippen LogP contribution in [0.5, 0.6) is 0 Å². The lowest BCUT2D eigenvalue weighted by Gasteiger charge is -2.37. The van der Waals surface area contributed by atoms with Gasteiger partial charge in [0.25, 0.3) is 0 Å². The van der Waals surface area contributed by atoms with Gasteiger partial charge in [-0.1, -0.05) is 49.4 Å². The summed E-state index contributed by atoms with van der Waals surface area (Å²) >= 11 is 0. The number of nitrogens with one attached hydrogen (secondary N) is 2. The Morgan fingerprint density at radius 3 is 2.70 bits per heavy atom. The molecule has 23 heavy (non-hydrogen) atoms. The number of carbonyl (C=O) groups is 1. The maximum Gasteiger partial charge on any atom is 0.223 e. The van der Waals surface area contributed by atoms with E-state index in [0.29, 0.717) is 12.1 Å². The van der Waals surface area contributed by atoms with Crippen molar-refractivity contribution in [2.75, 3.05) is 6.54 Å². The Kier molecular flexibility index (Phi) is 4.97. The third-order valence-electron chi connectivity index (χ3n) is 4.83. The van der Waals surface area contributed by atoms with Gasteiger partial charge in [0.05, 0.1) is 0 Å². The standard InChI is InChI=1S/C20H26N2O/c1-3-11-21-20(23)16-12-17(13-16)22-14(2)18-10-6-8-15-7-4-5-9-19(15)18/h4-10,14,16-17,22H,3,11-13H2,1-2H3,(H,21,23)/t14-,16?,17?/m1/s1. The molecule has 0 radical (unpaired) electrons. The van der Waals surface area contributed by atoms with Gasteiger partial charge in [-0.3, -0.25) is 4.79 Å². The molecular weight excluding hydrogens is 284 g/mol. The molecule has 0 aromatic heterocycles. The van der Waals surface area contributed by atoms with E-state index in [1.165, 1.54) is 16.3 Å². The molecule has 3 rings (SSSR count). The summed E-state index contributed by atoms with van der Waals surface area (Å²) in [7, 11) is 0. The molecule has 3 nitrogen and oxygen atoms in total. The summed E-state index contributed by atoms with van der Waals surface area (Å²) in [6.07, 6.45) is 2.90. The maximum absolute atomic E-state index is 11.9. The van der Waals surface area contributed by atoms with Gasteiger partial charge in [0.2, 0.25) is 5.91 Å². The second kappa shape index (κ2) is 7.14. The van der Waals surface area contributed by atoms with Crippen LogP contribution in [0.3, 0.4) is 0 Å². The zero-order valence-electron chi connectivity index (χ0n) is 14.0. The molecule has 0 aliphatic heterocycles. The molecule has 0 heterocycles. The highest BCUT2D eigenvalue weighted by atomic mass is 16.1. The average Bonchev–Trinajstić information content (AvgIpc) is 2.54. The summed E-state index contributed by atoms with van der Waals surface area (Å²) in [6.45, 7) is 5.09. The van der Waals surface area contributed by atoms with Gasteiger partial charge >= 0.3 is 0 Å². The topological polar surface area (TPSA) is 41.1 Å². The van der Waals surface area contributed by atoms with E-state index in [1.807, 2.05) is 0 Å². The second-order valence-electron chi connectivity index (χ2n) is 6.61. The Hall–Kier alpha value is -1.87. The van der Waals surface area contributed by atoms with E-state index in [9.17, 15) is 4.79 Å².